The van der Waals surface area contributed by atoms with Gasteiger partial charge in [-0.3, -0.25) is 25.1 Å². The van der Waals surface area contributed by atoms with E-state index in [1.54, 1.807) is 24.3 Å². The van der Waals surface area contributed by atoms with Gasteiger partial charge in [0.25, 0.3) is 17.5 Å². The number of nitrogens with zero attached hydrogens (tertiary/aromatic N) is 1. The summed E-state index contributed by atoms with van der Waals surface area (Å²) in [5.41, 5.74) is 2.60. The van der Waals surface area contributed by atoms with E-state index in [4.69, 9.17) is 5.84 Å². The lowest BCUT2D eigenvalue weighted by molar-refractivity contribution is -0.384. The zero-order chi connectivity index (χ0) is 18.4. The van der Waals surface area contributed by atoms with Crippen molar-refractivity contribution in [2.75, 3.05) is 0 Å². The van der Waals surface area contributed by atoms with Crippen molar-refractivity contribution in [1.82, 2.24) is 10.7 Å². The number of nitrogens with two attached hydrogens (primary N) is 1. The molecule has 2 aromatic carbocycles. The molecule has 25 heavy (non-hydrogen) atoms. The molecule has 2 amide bonds. The average molecular weight is 405 g/mol. The summed E-state index contributed by atoms with van der Waals surface area (Å²) in [4.78, 5) is 34.3. The van der Waals surface area contributed by atoms with Gasteiger partial charge in [-0.1, -0.05) is 15.9 Å². The Morgan fingerprint density at radius 1 is 1.08 bits per heavy atom. The van der Waals surface area contributed by atoms with Gasteiger partial charge in [-0.15, -0.1) is 0 Å². The first kappa shape index (κ1) is 18.3. The first-order valence-corrected chi connectivity index (χ1v) is 7.74. The maximum Gasteiger partial charge on any atom is 0.281 e. The van der Waals surface area contributed by atoms with Gasteiger partial charge in [-0.05, 0) is 48.0 Å². The number of non-ortho nitro benzene ring substituents is 1. The van der Waals surface area contributed by atoms with Crippen LogP contribution in [0.3, 0.4) is 0 Å². The topological polar surface area (TPSA) is 127 Å². The van der Waals surface area contributed by atoms with E-state index in [1.165, 1.54) is 30.3 Å². The number of rotatable bonds is 5. The number of nitrogens with one attached hydrogen (secondary N) is 2. The van der Waals surface area contributed by atoms with Gasteiger partial charge in [0.05, 0.1) is 4.92 Å². The van der Waals surface area contributed by atoms with Crippen LogP contribution in [-0.4, -0.2) is 16.7 Å². The molecular formula is C16H13BrN4O4. The number of nitro groups is 1. The molecule has 0 heterocycles. The molecule has 0 aliphatic rings. The highest BCUT2D eigenvalue weighted by Crippen LogP contribution is 2.15. The number of carbonyl (C=O) groups excluding carboxylic acids is 2. The number of hydrogen-bond acceptors (Lipinski definition) is 5. The fourth-order valence-corrected chi connectivity index (χ4v) is 2.16. The van der Waals surface area contributed by atoms with Crippen molar-refractivity contribution < 1.29 is 14.5 Å². The second kappa shape index (κ2) is 8.18. The third-order valence-corrected chi connectivity index (χ3v) is 3.67. The Kier molecular flexibility index (Phi) is 5.98. The third kappa shape index (κ3) is 4.96. The number of amides is 2. The van der Waals surface area contributed by atoms with Gasteiger partial charge in [0.2, 0.25) is 0 Å². The standard InChI is InChI=1S/C16H13BrN4O4/c17-12-5-3-11(4-6-12)15(22)19-14(16(23)20-18)9-10-1-7-13(8-2-10)21(24)25/h1-9H,18H2,(H,19,22)(H,20,23)/b14-9-. The van der Waals surface area contributed by atoms with Crippen molar-refractivity contribution in [2.45, 2.75) is 0 Å². The van der Waals surface area contributed by atoms with E-state index in [0.29, 0.717) is 11.1 Å². The van der Waals surface area contributed by atoms with Gasteiger partial charge >= 0.3 is 0 Å². The SMILES string of the molecule is NNC(=O)/C(=C/c1ccc([N+](=O)[O-])cc1)NC(=O)c1ccc(Br)cc1. The maximum atomic E-state index is 12.2. The monoisotopic (exact) mass is 404 g/mol. The molecule has 0 atom stereocenters. The first-order valence-electron chi connectivity index (χ1n) is 6.94. The van der Waals surface area contributed by atoms with Crippen LogP contribution in [0.15, 0.2) is 58.7 Å². The van der Waals surface area contributed by atoms with E-state index in [2.05, 4.69) is 21.2 Å². The average Bonchev–Trinajstić information content (AvgIpc) is 2.61. The van der Waals surface area contributed by atoms with Gasteiger partial charge in [0.15, 0.2) is 0 Å². The second-order valence-electron chi connectivity index (χ2n) is 4.84. The Labute approximate surface area is 151 Å². The Hall–Kier alpha value is -3.04. The smallest absolute Gasteiger partial charge is 0.281 e. The quantitative estimate of drug-likeness (QED) is 0.231. The molecule has 0 saturated carbocycles. The van der Waals surface area contributed by atoms with E-state index in [0.717, 1.165) is 4.47 Å². The molecule has 2 rings (SSSR count). The predicted molar refractivity (Wildman–Crippen MR) is 95.0 cm³/mol. The normalized spacial score (nSPS) is 10.9. The Morgan fingerprint density at radius 3 is 2.20 bits per heavy atom. The van der Waals surface area contributed by atoms with Crippen molar-refractivity contribution in [1.29, 1.82) is 0 Å². The minimum Gasteiger partial charge on any atom is -0.317 e. The predicted octanol–water partition coefficient (Wildman–Crippen LogP) is 2.12. The van der Waals surface area contributed by atoms with Gasteiger partial charge in [-0.25, -0.2) is 5.84 Å². The summed E-state index contributed by atoms with van der Waals surface area (Å²) in [6.07, 6.45) is 1.36. The van der Waals surface area contributed by atoms with Crippen molar-refractivity contribution in [3.05, 3.63) is 79.9 Å². The van der Waals surface area contributed by atoms with Crippen molar-refractivity contribution in [3.8, 4) is 0 Å². The fraction of sp³-hybridized carbons (Fsp3) is 0. The molecule has 0 unspecified atom stereocenters. The molecule has 0 aliphatic carbocycles. The van der Waals surface area contributed by atoms with Crippen LogP contribution in [0.4, 0.5) is 5.69 Å². The van der Waals surface area contributed by atoms with Crippen LogP contribution in [0.2, 0.25) is 0 Å². The van der Waals surface area contributed by atoms with Gasteiger partial charge in [0, 0.05) is 22.2 Å². The van der Waals surface area contributed by atoms with Crippen molar-refractivity contribution in [3.63, 3.8) is 0 Å². The lowest BCUT2D eigenvalue weighted by atomic mass is 10.1. The second-order valence-corrected chi connectivity index (χ2v) is 5.76. The number of halogens is 1. The molecule has 0 aliphatic heterocycles. The number of hydrogen-bond donors (Lipinski definition) is 3. The van der Waals surface area contributed by atoms with E-state index in [-0.39, 0.29) is 11.4 Å². The molecule has 0 fully saturated rings. The van der Waals surface area contributed by atoms with Crippen LogP contribution >= 0.6 is 15.9 Å². The molecule has 8 nitrogen and oxygen atoms in total. The summed E-state index contributed by atoms with van der Waals surface area (Å²) in [6, 6.07) is 12.0. The highest BCUT2D eigenvalue weighted by atomic mass is 79.9. The summed E-state index contributed by atoms with van der Waals surface area (Å²) in [7, 11) is 0. The van der Waals surface area contributed by atoms with Crippen LogP contribution in [-0.2, 0) is 4.79 Å². The molecule has 9 heteroatoms. The van der Waals surface area contributed by atoms with Gasteiger partial charge in [-0.2, -0.15) is 0 Å². The lowest BCUT2D eigenvalue weighted by Gasteiger charge is -2.09. The largest absolute Gasteiger partial charge is 0.317 e. The Balaban J connectivity index is 2.26. The first-order chi connectivity index (χ1) is 11.9. The summed E-state index contributed by atoms with van der Waals surface area (Å²) < 4.78 is 0.811. The third-order valence-electron chi connectivity index (χ3n) is 3.15. The number of hydrazine groups is 1. The fourth-order valence-electron chi connectivity index (χ4n) is 1.89. The molecule has 0 spiro atoms. The molecule has 2 aromatic rings. The summed E-state index contributed by atoms with van der Waals surface area (Å²) in [6.45, 7) is 0. The molecule has 0 radical (unpaired) electrons. The Bertz CT molecular complexity index is 832. The number of benzene rings is 2. The van der Waals surface area contributed by atoms with Crippen LogP contribution in [0, 0.1) is 10.1 Å². The summed E-state index contributed by atoms with van der Waals surface area (Å²) in [5.74, 6) is 3.94. The molecular weight excluding hydrogens is 392 g/mol. The van der Waals surface area contributed by atoms with Crippen LogP contribution < -0.4 is 16.6 Å². The number of carbonyl (C=O) groups is 2. The Morgan fingerprint density at radius 2 is 1.68 bits per heavy atom. The molecule has 0 saturated heterocycles. The lowest BCUT2D eigenvalue weighted by Crippen LogP contribution is -2.38. The molecule has 128 valence electrons. The van der Waals surface area contributed by atoms with Gasteiger partial charge < -0.3 is 5.32 Å². The summed E-state index contributed by atoms with van der Waals surface area (Å²) in [5, 5.41) is 13.1. The van der Waals surface area contributed by atoms with Crippen LogP contribution in [0.1, 0.15) is 15.9 Å². The van der Waals surface area contributed by atoms with E-state index < -0.39 is 16.7 Å². The van der Waals surface area contributed by atoms with Crippen molar-refractivity contribution in [2.24, 2.45) is 5.84 Å². The summed E-state index contributed by atoms with van der Waals surface area (Å²) >= 11 is 3.27. The van der Waals surface area contributed by atoms with Crippen molar-refractivity contribution >= 4 is 39.5 Å². The van der Waals surface area contributed by atoms with E-state index in [9.17, 15) is 19.7 Å². The highest BCUT2D eigenvalue weighted by Gasteiger charge is 2.14. The molecule has 0 aromatic heterocycles. The van der Waals surface area contributed by atoms with Crippen LogP contribution in [0.25, 0.3) is 6.08 Å². The van der Waals surface area contributed by atoms with E-state index in [1.807, 2.05) is 5.43 Å². The molecule has 0 bridgehead atoms. The number of nitro benzene ring substituents is 1. The minimum absolute atomic E-state index is 0.0825. The van der Waals surface area contributed by atoms with E-state index >= 15 is 0 Å². The zero-order valence-electron chi connectivity index (χ0n) is 12.7. The molecule has 4 N–H and O–H groups in total. The highest BCUT2D eigenvalue weighted by molar-refractivity contribution is 9.10. The minimum atomic E-state index is -0.705. The van der Waals surface area contributed by atoms with Gasteiger partial charge in [0.1, 0.15) is 5.70 Å². The van der Waals surface area contributed by atoms with Crippen LogP contribution in [0.5, 0.6) is 0 Å². The maximum absolute atomic E-state index is 12.2. The zero-order valence-corrected chi connectivity index (χ0v) is 14.3.